The molecule has 0 radical (unpaired) electrons. The van der Waals surface area contributed by atoms with Gasteiger partial charge in [-0.2, -0.15) is 0 Å². The largest absolute Gasteiger partial charge is 0.458 e. The fraction of sp³-hybridized carbons (Fsp3) is 0.0800. The highest BCUT2D eigenvalue weighted by Crippen LogP contribution is 2.20. The van der Waals surface area contributed by atoms with E-state index in [1.54, 1.807) is 12.1 Å². The Morgan fingerprint density at radius 3 is 2.22 bits per heavy atom. The molecule has 1 heterocycles. The van der Waals surface area contributed by atoms with Crippen LogP contribution in [0, 0.1) is 0 Å². The summed E-state index contributed by atoms with van der Waals surface area (Å²) in [7, 11) is -4.55. The summed E-state index contributed by atoms with van der Waals surface area (Å²) in [5.74, 6) is -0.543. The third-order valence-electron chi connectivity index (χ3n) is 5.28. The summed E-state index contributed by atoms with van der Waals surface area (Å²) in [5, 5.41) is 0.540. The third kappa shape index (κ3) is 4.86. The first-order valence-electron chi connectivity index (χ1n) is 10.5. The van der Waals surface area contributed by atoms with Crippen molar-refractivity contribution in [3.05, 3.63) is 121 Å². The summed E-state index contributed by atoms with van der Waals surface area (Å²) >= 11 is 12.0. The Kier molecular flexibility index (Phi) is 7.16. The van der Waals surface area contributed by atoms with Gasteiger partial charge < -0.3 is 4.74 Å². The Labute approximate surface area is 215 Å². The maximum atomic E-state index is 13.5. The van der Waals surface area contributed by atoms with E-state index in [4.69, 9.17) is 27.9 Å². The van der Waals surface area contributed by atoms with E-state index in [1.807, 2.05) is 0 Å². The Balaban J connectivity index is 1.87. The van der Waals surface area contributed by atoms with Crippen LogP contribution in [0.25, 0.3) is 10.9 Å². The molecule has 0 N–H and O–H groups in total. The summed E-state index contributed by atoms with van der Waals surface area (Å²) < 4.78 is 33.0. The van der Waals surface area contributed by atoms with Gasteiger partial charge in [-0.1, -0.05) is 48.0 Å². The van der Waals surface area contributed by atoms with Crippen molar-refractivity contribution in [2.24, 2.45) is 0 Å². The maximum absolute atomic E-state index is 13.5. The molecule has 0 saturated heterocycles. The van der Waals surface area contributed by atoms with Gasteiger partial charge in [-0.25, -0.2) is 18.0 Å². The van der Waals surface area contributed by atoms with E-state index in [1.165, 1.54) is 60.7 Å². The molecule has 8 nitrogen and oxygen atoms in total. The molecule has 0 atom stereocenters. The topological polar surface area (TPSA) is 104 Å². The number of ether oxygens (including phenoxy) is 1. The number of hydrogen-bond acceptors (Lipinski definition) is 6. The number of fused-ring (bicyclic) bond motifs is 1. The average molecular weight is 545 g/mol. The lowest BCUT2D eigenvalue weighted by molar-refractivity contribution is 0.0549. The normalized spacial score (nSPS) is 11.4. The van der Waals surface area contributed by atoms with Crippen LogP contribution in [0.2, 0.25) is 10.0 Å². The number of esters is 1. The van der Waals surface area contributed by atoms with E-state index in [-0.39, 0.29) is 43.5 Å². The molecule has 4 rings (SSSR count). The molecule has 0 unspecified atom stereocenters. The SMILES string of the molecule is C=CCOC(=O)c1ccc(Cn2c(=O)n(S(=O)(=O)c3ccc(Cl)cc3)c(=O)c3ccc(Cl)cc32)cc1. The second-order valence-electron chi connectivity index (χ2n) is 7.64. The van der Waals surface area contributed by atoms with Crippen LogP contribution in [0.3, 0.4) is 0 Å². The zero-order chi connectivity index (χ0) is 26.0. The Morgan fingerprint density at radius 2 is 1.58 bits per heavy atom. The molecule has 0 aliphatic carbocycles. The highest BCUT2D eigenvalue weighted by molar-refractivity contribution is 7.90. The molecule has 0 bridgehead atoms. The molecule has 0 amide bonds. The molecule has 3 aromatic carbocycles. The number of rotatable bonds is 7. The predicted octanol–water partition coefficient (Wildman–Crippen LogP) is 4.10. The quantitative estimate of drug-likeness (QED) is 0.256. The standard InChI is InChI=1S/C25H18Cl2N2O6S/c1-2-13-35-24(31)17-5-3-16(4-6-17)15-28-22-14-19(27)9-12-21(22)23(30)29(25(28)32)36(33,34)20-10-7-18(26)8-11-20/h2-12,14H,1,13,15H2. The van der Waals surface area contributed by atoms with Crippen LogP contribution in [-0.2, 0) is 21.3 Å². The van der Waals surface area contributed by atoms with E-state index in [0.29, 0.717) is 10.6 Å². The fourth-order valence-corrected chi connectivity index (χ4v) is 5.15. The average Bonchev–Trinajstić information content (AvgIpc) is 2.85. The van der Waals surface area contributed by atoms with Gasteiger partial charge in [0.15, 0.2) is 0 Å². The fourth-order valence-electron chi connectivity index (χ4n) is 3.54. The van der Waals surface area contributed by atoms with Gasteiger partial charge >= 0.3 is 11.7 Å². The van der Waals surface area contributed by atoms with Gasteiger partial charge in [-0.05, 0) is 60.2 Å². The van der Waals surface area contributed by atoms with Gasteiger partial charge in [-0.3, -0.25) is 9.36 Å². The minimum atomic E-state index is -4.55. The zero-order valence-corrected chi connectivity index (χ0v) is 20.9. The molecule has 4 aromatic rings. The number of aromatic nitrogens is 2. The van der Waals surface area contributed by atoms with Gasteiger partial charge in [-0.15, -0.1) is 3.97 Å². The smallest absolute Gasteiger partial charge is 0.346 e. The summed E-state index contributed by atoms with van der Waals surface area (Å²) in [6, 6.07) is 15.6. The molecular weight excluding hydrogens is 527 g/mol. The van der Waals surface area contributed by atoms with Gasteiger partial charge in [0.05, 0.1) is 27.9 Å². The van der Waals surface area contributed by atoms with Crippen LogP contribution in [0.1, 0.15) is 15.9 Å². The minimum absolute atomic E-state index is 0.0128. The molecule has 11 heteroatoms. The zero-order valence-electron chi connectivity index (χ0n) is 18.6. The molecule has 1 aromatic heterocycles. The summed E-state index contributed by atoms with van der Waals surface area (Å²) in [6.45, 7) is 3.45. The van der Waals surface area contributed by atoms with Crippen LogP contribution in [0.4, 0.5) is 0 Å². The Morgan fingerprint density at radius 1 is 0.944 bits per heavy atom. The lowest BCUT2D eigenvalue weighted by Gasteiger charge is -2.15. The van der Waals surface area contributed by atoms with Crippen molar-refractivity contribution >= 4 is 50.1 Å². The van der Waals surface area contributed by atoms with Crippen molar-refractivity contribution in [1.29, 1.82) is 0 Å². The van der Waals surface area contributed by atoms with Crippen molar-refractivity contribution in [2.75, 3.05) is 6.61 Å². The highest BCUT2D eigenvalue weighted by atomic mass is 35.5. The number of halogens is 2. The maximum Gasteiger partial charge on any atom is 0.346 e. The molecule has 0 spiro atoms. The Hall–Kier alpha value is -3.66. The van der Waals surface area contributed by atoms with E-state index < -0.39 is 27.2 Å². The number of nitrogens with zero attached hydrogens (tertiary/aromatic N) is 2. The first-order chi connectivity index (χ1) is 17.1. The number of carbonyl (C=O) groups excluding carboxylic acids is 1. The van der Waals surface area contributed by atoms with Crippen LogP contribution in [0.15, 0.2) is 93.9 Å². The molecule has 36 heavy (non-hydrogen) atoms. The molecular formula is C25H18Cl2N2O6S. The summed E-state index contributed by atoms with van der Waals surface area (Å²) in [5.41, 5.74) is -1.06. The van der Waals surface area contributed by atoms with E-state index in [2.05, 4.69) is 6.58 Å². The lowest BCUT2D eigenvalue weighted by atomic mass is 10.1. The van der Waals surface area contributed by atoms with Crippen molar-refractivity contribution in [1.82, 2.24) is 8.54 Å². The van der Waals surface area contributed by atoms with E-state index in [0.717, 1.165) is 4.57 Å². The van der Waals surface area contributed by atoms with Crippen LogP contribution in [0.5, 0.6) is 0 Å². The summed E-state index contributed by atoms with van der Waals surface area (Å²) in [4.78, 5) is 38.5. The predicted molar refractivity (Wildman–Crippen MR) is 138 cm³/mol. The highest BCUT2D eigenvalue weighted by Gasteiger charge is 2.25. The molecule has 184 valence electrons. The monoisotopic (exact) mass is 544 g/mol. The van der Waals surface area contributed by atoms with Crippen molar-refractivity contribution in [3.63, 3.8) is 0 Å². The minimum Gasteiger partial charge on any atom is -0.458 e. The van der Waals surface area contributed by atoms with Gasteiger partial charge in [0.25, 0.3) is 15.6 Å². The number of carbonyl (C=O) groups is 1. The Bertz CT molecular complexity index is 1710. The van der Waals surface area contributed by atoms with Gasteiger partial charge in [0.2, 0.25) is 0 Å². The van der Waals surface area contributed by atoms with Crippen LogP contribution in [-0.4, -0.2) is 29.5 Å². The lowest BCUT2D eigenvalue weighted by Crippen LogP contribution is -2.44. The molecule has 0 aliphatic heterocycles. The second-order valence-corrected chi connectivity index (χ2v) is 10.3. The second kappa shape index (κ2) is 10.1. The van der Waals surface area contributed by atoms with Crippen LogP contribution >= 0.6 is 23.2 Å². The molecule has 0 aliphatic rings. The molecule has 0 saturated carbocycles. The molecule has 0 fully saturated rings. The van der Waals surface area contributed by atoms with Gasteiger partial charge in [0, 0.05) is 10.0 Å². The van der Waals surface area contributed by atoms with Gasteiger partial charge in [0.1, 0.15) is 6.61 Å². The van der Waals surface area contributed by atoms with E-state index >= 15 is 0 Å². The number of hydrogen-bond donors (Lipinski definition) is 0. The first kappa shape index (κ1) is 25.4. The summed E-state index contributed by atoms with van der Waals surface area (Å²) in [6.07, 6.45) is 1.45. The van der Waals surface area contributed by atoms with Crippen molar-refractivity contribution in [3.8, 4) is 0 Å². The third-order valence-corrected chi connectivity index (χ3v) is 7.44. The van der Waals surface area contributed by atoms with Crippen molar-refractivity contribution in [2.45, 2.75) is 11.4 Å². The first-order valence-corrected chi connectivity index (χ1v) is 12.7. The number of benzene rings is 3. The van der Waals surface area contributed by atoms with E-state index in [9.17, 15) is 22.8 Å². The van der Waals surface area contributed by atoms with Crippen molar-refractivity contribution < 1.29 is 17.9 Å². The van der Waals surface area contributed by atoms with Crippen LogP contribution < -0.4 is 11.2 Å².